The molecule has 0 fully saturated rings. The summed E-state index contributed by atoms with van der Waals surface area (Å²) < 4.78 is 5.42. The van der Waals surface area contributed by atoms with Gasteiger partial charge < -0.3 is 26.0 Å². The van der Waals surface area contributed by atoms with Gasteiger partial charge >= 0.3 is 6.09 Å². The Bertz CT molecular complexity index is 1480. The van der Waals surface area contributed by atoms with Crippen molar-refractivity contribution in [2.75, 3.05) is 5.32 Å². The van der Waals surface area contributed by atoms with E-state index in [1.807, 2.05) is 88.4 Å². The number of nitrogens with zero attached hydrogens (tertiary/aromatic N) is 1. The van der Waals surface area contributed by atoms with Crippen LogP contribution in [0.2, 0.25) is 0 Å². The summed E-state index contributed by atoms with van der Waals surface area (Å²) >= 11 is 0. The molecule has 4 amide bonds. The molecule has 3 aromatic carbocycles. The summed E-state index contributed by atoms with van der Waals surface area (Å²) in [5.41, 5.74) is 7.71. The fourth-order valence-corrected chi connectivity index (χ4v) is 4.93. The van der Waals surface area contributed by atoms with Crippen LogP contribution in [0.1, 0.15) is 76.6 Å². The molecule has 3 unspecified atom stereocenters. The number of rotatable bonds is 11. The maximum atomic E-state index is 14.4. The van der Waals surface area contributed by atoms with Crippen LogP contribution in [-0.4, -0.2) is 46.4 Å². The van der Waals surface area contributed by atoms with Crippen LogP contribution in [0, 0.1) is 13.8 Å². The van der Waals surface area contributed by atoms with Crippen LogP contribution in [0.5, 0.6) is 0 Å². The molecule has 0 aliphatic heterocycles. The lowest BCUT2D eigenvalue weighted by atomic mass is 9.93. The first-order valence-electron chi connectivity index (χ1n) is 14.7. The third-order valence-corrected chi connectivity index (χ3v) is 7.47. The highest BCUT2D eigenvalue weighted by Gasteiger charge is 2.39. The number of hydrogen-bond acceptors (Lipinski definition) is 5. The number of fused-ring (bicyclic) bond motifs is 1. The fourth-order valence-electron chi connectivity index (χ4n) is 4.93. The van der Waals surface area contributed by atoms with E-state index in [1.165, 1.54) is 4.90 Å². The van der Waals surface area contributed by atoms with Crippen molar-refractivity contribution >= 4 is 40.3 Å². The van der Waals surface area contributed by atoms with Gasteiger partial charge in [0.1, 0.15) is 17.7 Å². The molecule has 9 heteroatoms. The molecule has 230 valence electrons. The normalized spacial score (nSPS) is 13.5. The number of hydrogen-bond donors (Lipinski definition) is 3. The van der Waals surface area contributed by atoms with Crippen LogP contribution in [0.25, 0.3) is 10.8 Å². The lowest BCUT2D eigenvalue weighted by molar-refractivity contribution is -0.143. The smallest absolute Gasteiger partial charge is 0.408 e. The molecule has 0 radical (unpaired) electrons. The van der Waals surface area contributed by atoms with Gasteiger partial charge in [0.25, 0.3) is 5.91 Å². The summed E-state index contributed by atoms with van der Waals surface area (Å²) in [6, 6.07) is 16.5. The predicted molar refractivity (Wildman–Crippen MR) is 169 cm³/mol. The average Bonchev–Trinajstić information content (AvgIpc) is 2.93. The summed E-state index contributed by atoms with van der Waals surface area (Å²) in [7, 11) is 0. The third-order valence-electron chi connectivity index (χ3n) is 7.47. The number of primary amides is 1. The van der Waals surface area contributed by atoms with Crippen molar-refractivity contribution in [2.45, 2.75) is 91.5 Å². The number of carbonyl (C=O) groups is 4. The van der Waals surface area contributed by atoms with Gasteiger partial charge in [0.15, 0.2) is 0 Å². The molecule has 0 aromatic heterocycles. The quantitative estimate of drug-likeness (QED) is 0.256. The number of benzene rings is 3. The second-order valence-corrected chi connectivity index (χ2v) is 11.9. The van der Waals surface area contributed by atoms with Crippen LogP contribution in [-0.2, 0) is 19.1 Å². The molecule has 3 aromatic rings. The molecule has 0 heterocycles. The van der Waals surface area contributed by atoms with Crippen molar-refractivity contribution in [3.05, 3.63) is 77.4 Å². The Morgan fingerprint density at radius 3 is 2.26 bits per heavy atom. The second kappa shape index (κ2) is 14.2. The van der Waals surface area contributed by atoms with Crippen molar-refractivity contribution in [2.24, 2.45) is 5.73 Å². The lowest BCUT2D eigenvalue weighted by Crippen LogP contribution is -2.55. The molecule has 4 N–H and O–H groups in total. The topological polar surface area (TPSA) is 131 Å². The number of amides is 4. The van der Waals surface area contributed by atoms with Gasteiger partial charge in [-0.15, -0.1) is 0 Å². The molecule has 9 nitrogen and oxygen atoms in total. The minimum Gasteiger partial charge on any atom is -0.444 e. The van der Waals surface area contributed by atoms with Gasteiger partial charge in [0, 0.05) is 18.2 Å². The van der Waals surface area contributed by atoms with Gasteiger partial charge in [0.05, 0.1) is 0 Å². The van der Waals surface area contributed by atoms with Gasteiger partial charge in [-0.25, -0.2) is 4.79 Å². The monoisotopic (exact) mass is 588 g/mol. The highest BCUT2D eigenvalue weighted by atomic mass is 16.6. The number of anilines is 1. The Morgan fingerprint density at radius 2 is 1.63 bits per heavy atom. The number of alkyl carbamates (subject to hydrolysis) is 1. The maximum absolute atomic E-state index is 14.4. The Labute approximate surface area is 254 Å². The number of ether oxygens (including phenoxy) is 1. The highest BCUT2D eigenvalue weighted by Crippen LogP contribution is 2.31. The van der Waals surface area contributed by atoms with Crippen molar-refractivity contribution in [1.82, 2.24) is 10.2 Å². The number of nitrogens with two attached hydrogens (primary N) is 1. The lowest BCUT2D eigenvalue weighted by Gasteiger charge is -2.39. The minimum atomic E-state index is -1.16. The summed E-state index contributed by atoms with van der Waals surface area (Å²) in [6.45, 7) is 12.8. The molecule has 0 bridgehead atoms. The van der Waals surface area contributed by atoms with Crippen LogP contribution >= 0.6 is 0 Å². The summed E-state index contributed by atoms with van der Waals surface area (Å²) in [4.78, 5) is 54.8. The van der Waals surface area contributed by atoms with E-state index < -0.39 is 47.5 Å². The van der Waals surface area contributed by atoms with Gasteiger partial charge in [-0.2, -0.15) is 0 Å². The summed E-state index contributed by atoms with van der Waals surface area (Å²) in [5, 5.41) is 7.67. The summed E-state index contributed by atoms with van der Waals surface area (Å²) in [6.07, 6.45) is -0.460. The zero-order valence-corrected chi connectivity index (χ0v) is 26.2. The molecular formula is C34H44N4O5. The maximum Gasteiger partial charge on any atom is 0.408 e. The van der Waals surface area contributed by atoms with E-state index >= 15 is 0 Å². The zero-order chi connectivity index (χ0) is 31.9. The van der Waals surface area contributed by atoms with Gasteiger partial charge in [-0.05, 0) is 94.0 Å². The molecule has 43 heavy (non-hydrogen) atoms. The van der Waals surface area contributed by atoms with E-state index in [4.69, 9.17) is 10.5 Å². The molecule has 0 spiro atoms. The van der Waals surface area contributed by atoms with Crippen LogP contribution in [0.15, 0.2) is 60.7 Å². The van der Waals surface area contributed by atoms with E-state index in [1.54, 1.807) is 20.8 Å². The molecule has 0 saturated carbocycles. The SMILES string of the molecule is CCC(C)N(C(=O)C(CCC(N)=O)NC(=O)OC(C)(C)C)C(C(=O)Nc1ccc2ccccc2c1)c1cccc(C)c1C. The predicted octanol–water partition coefficient (Wildman–Crippen LogP) is 5.92. The Balaban J connectivity index is 2.10. The third kappa shape index (κ3) is 8.80. The zero-order valence-electron chi connectivity index (χ0n) is 26.2. The first-order chi connectivity index (χ1) is 20.2. The van der Waals surface area contributed by atoms with Crippen molar-refractivity contribution in [1.29, 1.82) is 0 Å². The van der Waals surface area contributed by atoms with E-state index in [0.29, 0.717) is 17.7 Å². The van der Waals surface area contributed by atoms with Crippen LogP contribution in [0.3, 0.4) is 0 Å². The molecule has 0 aliphatic rings. The Kier molecular flexibility index (Phi) is 10.9. The first-order valence-corrected chi connectivity index (χ1v) is 14.7. The first kappa shape index (κ1) is 33.1. The molecule has 0 aliphatic carbocycles. The molecule has 3 rings (SSSR count). The van der Waals surface area contributed by atoms with Crippen molar-refractivity contribution in [3.63, 3.8) is 0 Å². The van der Waals surface area contributed by atoms with Crippen LogP contribution < -0.4 is 16.4 Å². The van der Waals surface area contributed by atoms with E-state index in [2.05, 4.69) is 10.6 Å². The highest BCUT2D eigenvalue weighted by molar-refractivity contribution is 6.00. The minimum absolute atomic E-state index is 0.0494. The van der Waals surface area contributed by atoms with E-state index in [0.717, 1.165) is 21.9 Å². The van der Waals surface area contributed by atoms with E-state index in [9.17, 15) is 19.2 Å². The van der Waals surface area contributed by atoms with Gasteiger partial charge in [0.2, 0.25) is 11.8 Å². The number of nitrogens with one attached hydrogen (secondary N) is 2. The van der Waals surface area contributed by atoms with Gasteiger partial charge in [-0.1, -0.05) is 55.5 Å². The molecule has 3 atom stereocenters. The summed E-state index contributed by atoms with van der Waals surface area (Å²) in [5.74, 6) is -1.52. The average molecular weight is 589 g/mol. The second-order valence-electron chi connectivity index (χ2n) is 11.9. The molecular weight excluding hydrogens is 544 g/mol. The fraction of sp³-hybridized carbons (Fsp3) is 0.412. The van der Waals surface area contributed by atoms with E-state index in [-0.39, 0.29) is 12.8 Å². The van der Waals surface area contributed by atoms with Gasteiger partial charge in [-0.3, -0.25) is 14.4 Å². The number of carbonyl (C=O) groups excluding carboxylic acids is 4. The Morgan fingerprint density at radius 1 is 0.953 bits per heavy atom. The van der Waals surface area contributed by atoms with Crippen molar-refractivity contribution in [3.8, 4) is 0 Å². The number of aryl methyl sites for hydroxylation is 1. The molecule has 0 saturated heterocycles. The van der Waals surface area contributed by atoms with Crippen molar-refractivity contribution < 1.29 is 23.9 Å². The Hall–Kier alpha value is -4.40. The largest absolute Gasteiger partial charge is 0.444 e. The standard InChI is InChI=1S/C34H44N4O5/c1-8-22(3)38(32(41)28(18-19-29(35)39)37-33(42)43-34(5,6)7)30(27-15-11-12-21(2)23(27)4)31(40)36-26-17-16-24-13-9-10-14-25(24)20-26/h9-17,20,22,28,30H,8,18-19H2,1-7H3,(H2,35,39)(H,36,40)(H,37,42). The van der Waals surface area contributed by atoms with Crippen LogP contribution in [0.4, 0.5) is 10.5 Å².